The number of aliphatic hydroxyl groups excluding tert-OH is 1. The van der Waals surface area contributed by atoms with Crippen LogP contribution in [0, 0.1) is 5.92 Å². The molecule has 4 atom stereocenters. The van der Waals surface area contributed by atoms with E-state index >= 15 is 0 Å². The predicted octanol–water partition coefficient (Wildman–Crippen LogP) is 1.91. The van der Waals surface area contributed by atoms with Gasteiger partial charge in [-0.15, -0.1) is 0 Å². The standard InChI is InChI=1S/C27H43N5O8S2/c1-19-14-32(20(2)17-33)27(34)23-13-22(29-41(6,35)36)10-11-24(23)40-21(3)9-7-8-12-39-25(19)15-31(5)42(37,38)26-16-30(4)18-28-26/h10-11,13,16,18-21,25,29,33H,7-9,12,14-15,17H2,1-6H3/t19-,20-,21+,25-/m1/s1. The molecular formula is C27H43N5O8S2. The Bertz CT molecular complexity index is 1430. The summed E-state index contributed by atoms with van der Waals surface area (Å²) in [6, 6.07) is 3.92. The first-order valence-electron chi connectivity index (χ1n) is 13.9. The molecule has 0 spiro atoms. The van der Waals surface area contributed by atoms with Gasteiger partial charge in [-0.3, -0.25) is 9.52 Å². The Kier molecular flexibility index (Phi) is 11.4. The van der Waals surface area contributed by atoms with E-state index in [0.29, 0.717) is 25.2 Å². The average molecular weight is 630 g/mol. The Hall–Kier alpha value is -2.72. The van der Waals surface area contributed by atoms with E-state index in [1.165, 1.54) is 40.9 Å². The minimum atomic E-state index is -3.89. The van der Waals surface area contributed by atoms with Crippen molar-refractivity contribution >= 4 is 31.6 Å². The fraction of sp³-hybridized carbons (Fsp3) is 0.630. The molecule has 1 aromatic heterocycles. The van der Waals surface area contributed by atoms with E-state index in [4.69, 9.17) is 9.47 Å². The second-order valence-corrected chi connectivity index (χ2v) is 14.8. The number of aliphatic hydroxyl groups is 1. The van der Waals surface area contributed by atoms with E-state index in [-0.39, 0.29) is 48.0 Å². The van der Waals surface area contributed by atoms with Gasteiger partial charge in [0.1, 0.15) is 5.75 Å². The Balaban J connectivity index is 1.98. The number of sulfonamides is 2. The molecule has 1 aromatic carbocycles. The summed E-state index contributed by atoms with van der Waals surface area (Å²) in [5.41, 5.74) is 0.349. The van der Waals surface area contributed by atoms with Crippen LogP contribution >= 0.6 is 0 Å². The van der Waals surface area contributed by atoms with Crippen molar-refractivity contribution < 1.29 is 36.2 Å². The maximum atomic E-state index is 14.1. The van der Waals surface area contributed by atoms with E-state index in [1.54, 1.807) is 24.6 Å². The molecule has 1 aliphatic rings. The van der Waals surface area contributed by atoms with Crippen molar-refractivity contribution in [2.45, 2.75) is 63.3 Å². The summed E-state index contributed by atoms with van der Waals surface area (Å²) in [4.78, 5) is 19.5. The first-order chi connectivity index (χ1) is 19.6. The maximum Gasteiger partial charge on any atom is 0.261 e. The zero-order chi connectivity index (χ0) is 31.2. The normalized spacial score (nSPS) is 22.2. The van der Waals surface area contributed by atoms with Crippen LogP contribution in [0.15, 0.2) is 35.7 Å². The van der Waals surface area contributed by atoms with Gasteiger partial charge in [0.25, 0.3) is 15.9 Å². The zero-order valence-electron chi connectivity index (χ0n) is 25.1. The predicted molar refractivity (Wildman–Crippen MR) is 158 cm³/mol. The van der Waals surface area contributed by atoms with Gasteiger partial charge in [0.2, 0.25) is 10.0 Å². The highest BCUT2D eigenvalue weighted by Crippen LogP contribution is 2.29. The van der Waals surface area contributed by atoms with Crippen LogP contribution < -0.4 is 9.46 Å². The largest absolute Gasteiger partial charge is 0.490 e. The number of fused-ring (bicyclic) bond motifs is 1. The lowest BCUT2D eigenvalue weighted by Crippen LogP contribution is -2.48. The van der Waals surface area contributed by atoms with Crippen LogP contribution in [0.2, 0.25) is 0 Å². The highest BCUT2D eigenvalue weighted by molar-refractivity contribution is 7.92. The number of imidazole rings is 1. The van der Waals surface area contributed by atoms with Gasteiger partial charge in [-0.2, -0.15) is 4.31 Å². The maximum absolute atomic E-state index is 14.1. The third kappa shape index (κ3) is 8.89. The van der Waals surface area contributed by atoms with Crippen molar-refractivity contribution in [1.29, 1.82) is 0 Å². The molecule has 2 N–H and O–H groups in total. The number of hydrogen-bond acceptors (Lipinski definition) is 9. The number of carbonyl (C=O) groups excluding carboxylic acids is 1. The molecule has 1 amide bonds. The molecule has 3 rings (SSSR count). The summed E-state index contributed by atoms with van der Waals surface area (Å²) in [7, 11) is -4.34. The number of anilines is 1. The fourth-order valence-electron chi connectivity index (χ4n) is 4.70. The van der Waals surface area contributed by atoms with Crippen molar-refractivity contribution in [3.8, 4) is 5.75 Å². The van der Waals surface area contributed by atoms with Crippen LogP contribution in [0.4, 0.5) is 5.69 Å². The van der Waals surface area contributed by atoms with Gasteiger partial charge in [0, 0.05) is 51.6 Å². The Morgan fingerprint density at radius 2 is 1.93 bits per heavy atom. The minimum Gasteiger partial charge on any atom is -0.490 e. The second-order valence-electron chi connectivity index (χ2n) is 11.0. The van der Waals surface area contributed by atoms with Crippen LogP contribution in [0.25, 0.3) is 0 Å². The van der Waals surface area contributed by atoms with Gasteiger partial charge < -0.3 is 24.0 Å². The molecule has 0 saturated heterocycles. The van der Waals surface area contributed by atoms with Gasteiger partial charge in [-0.25, -0.2) is 21.8 Å². The molecule has 236 valence electrons. The summed E-state index contributed by atoms with van der Waals surface area (Å²) in [5.74, 6) is -0.513. The van der Waals surface area contributed by atoms with Gasteiger partial charge in [0.05, 0.1) is 43.0 Å². The molecule has 1 aliphatic heterocycles. The number of ether oxygens (including phenoxy) is 2. The third-order valence-electron chi connectivity index (χ3n) is 7.15. The molecule has 15 heteroatoms. The second kappa shape index (κ2) is 14.2. The number of carbonyl (C=O) groups is 1. The molecule has 0 bridgehead atoms. The van der Waals surface area contributed by atoms with Gasteiger partial charge in [0.15, 0.2) is 5.03 Å². The summed E-state index contributed by atoms with van der Waals surface area (Å²) < 4.78 is 67.7. The molecule has 2 heterocycles. The van der Waals surface area contributed by atoms with Crippen LogP contribution in [0.1, 0.15) is 50.4 Å². The number of nitrogens with zero attached hydrogens (tertiary/aromatic N) is 4. The van der Waals surface area contributed by atoms with E-state index in [1.807, 2.05) is 13.8 Å². The molecule has 42 heavy (non-hydrogen) atoms. The zero-order valence-corrected chi connectivity index (χ0v) is 26.7. The van der Waals surface area contributed by atoms with E-state index in [9.17, 15) is 26.7 Å². The lowest BCUT2D eigenvalue weighted by molar-refractivity contribution is -0.00835. The molecule has 0 fully saturated rings. The minimum absolute atomic E-state index is 0.0220. The molecule has 2 aromatic rings. The molecule has 0 aliphatic carbocycles. The lowest BCUT2D eigenvalue weighted by atomic mass is 10.0. The van der Waals surface area contributed by atoms with Gasteiger partial charge >= 0.3 is 0 Å². The smallest absolute Gasteiger partial charge is 0.261 e. The first-order valence-corrected chi connectivity index (χ1v) is 17.2. The number of aromatic nitrogens is 2. The van der Waals surface area contributed by atoms with Crippen LogP contribution in [-0.4, -0.2) is 104 Å². The number of likely N-dealkylation sites (N-methyl/N-ethyl adjacent to an activating group) is 1. The van der Waals surface area contributed by atoms with Crippen LogP contribution in [-0.2, 0) is 31.8 Å². The molecule has 0 radical (unpaired) electrons. The number of aryl methyl sites for hydroxylation is 1. The monoisotopic (exact) mass is 629 g/mol. The molecule has 0 saturated carbocycles. The van der Waals surface area contributed by atoms with Crippen molar-refractivity contribution in [2.75, 3.05) is 44.3 Å². The van der Waals surface area contributed by atoms with E-state index in [2.05, 4.69) is 9.71 Å². The lowest BCUT2D eigenvalue weighted by Gasteiger charge is -2.35. The van der Waals surface area contributed by atoms with Crippen LogP contribution in [0.3, 0.4) is 0 Å². The molecule has 0 unspecified atom stereocenters. The van der Waals surface area contributed by atoms with E-state index in [0.717, 1.165) is 12.7 Å². The van der Waals surface area contributed by atoms with E-state index < -0.39 is 38.1 Å². The fourth-order valence-corrected chi connectivity index (χ4v) is 6.39. The number of rotatable bonds is 8. The van der Waals surface area contributed by atoms with Gasteiger partial charge in [-0.1, -0.05) is 6.92 Å². The van der Waals surface area contributed by atoms with Crippen molar-refractivity contribution in [2.24, 2.45) is 13.0 Å². The van der Waals surface area contributed by atoms with Crippen molar-refractivity contribution in [1.82, 2.24) is 18.8 Å². The number of amides is 1. The molecular weight excluding hydrogens is 586 g/mol. The SMILES string of the molecule is C[C@@H]1CN([C@H](C)CO)C(=O)c2cc(NS(C)(=O)=O)ccc2O[C@@H](C)CCCCO[C@@H]1CN(C)S(=O)(=O)c1cn(C)cn1. The summed E-state index contributed by atoms with van der Waals surface area (Å²) in [6.45, 7) is 5.66. The average Bonchev–Trinajstić information content (AvgIpc) is 3.36. The first kappa shape index (κ1) is 33.8. The number of benzene rings is 1. The number of hydrogen-bond donors (Lipinski definition) is 2. The topological polar surface area (TPSA) is 160 Å². The van der Waals surface area contributed by atoms with Crippen LogP contribution in [0.5, 0.6) is 5.75 Å². The quantitative estimate of drug-likeness (QED) is 0.445. The summed E-state index contributed by atoms with van der Waals surface area (Å²) in [6.07, 6.45) is 5.20. The Morgan fingerprint density at radius 3 is 2.55 bits per heavy atom. The molecule has 13 nitrogen and oxygen atoms in total. The highest BCUT2D eigenvalue weighted by Gasteiger charge is 2.33. The third-order valence-corrected chi connectivity index (χ3v) is 9.46. The summed E-state index contributed by atoms with van der Waals surface area (Å²) in [5, 5.41) is 9.99. The van der Waals surface area contributed by atoms with Crippen molar-refractivity contribution in [3.05, 3.63) is 36.3 Å². The Labute approximate surface area is 248 Å². The summed E-state index contributed by atoms with van der Waals surface area (Å²) >= 11 is 0. The number of nitrogens with one attached hydrogen (secondary N) is 1. The van der Waals surface area contributed by atoms with Crippen molar-refractivity contribution in [3.63, 3.8) is 0 Å². The van der Waals surface area contributed by atoms with Gasteiger partial charge in [-0.05, 0) is 51.3 Å². The highest BCUT2D eigenvalue weighted by atomic mass is 32.2. The Morgan fingerprint density at radius 1 is 1.21 bits per heavy atom.